The molecule has 3 N–H and O–H groups in total. The van der Waals surface area contributed by atoms with Gasteiger partial charge in [0.2, 0.25) is 17.7 Å². The summed E-state index contributed by atoms with van der Waals surface area (Å²) in [5, 5.41) is 25.9. The van der Waals surface area contributed by atoms with E-state index in [1.54, 1.807) is 23.1 Å². The zero-order valence-corrected chi connectivity index (χ0v) is 22.3. The van der Waals surface area contributed by atoms with E-state index in [9.17, 15) is 19.2 Å². The summed E-state index contributed by atoms with van der Waals surface area (Å²) in [7, 11) is 1.96. The van der Waals surface area contributed by atoms with Gasteiger partial charge in [-0.2, -0.15) is 4.68 Å². The van der Waals surface area contributed by atoms with Crippen LogP contribution in [0.3, 0.4) is 0 Å². The maximum Gasteiger partial charge on any atom is 0.335 e. The monoisotopic (exact) mass is 566 g/mol. The van der Waals surface area contributed by atoms with Crippen LogP contribution in [-0.2, 0) is 14.4 Å². The number of likely N-dealkylation sites (N-methyl/N-ethyl adjacent to an activating group) is 1. The van der Waals surface area contributed by atoms with Gasteiger partial charge in [0, 0.05) is 48.5 Å². The molecule has 1 atom stereocenters. The highest BCUT2D eigenvalue weighted by Gasteiger charge is 2.27. The molecule has 1 saturated heterocycles. The van der Waals surface area contributed by atoms with Crippen LogP contribution >= 0.6 is 11.6 Å². The molecular formula is C26H27ClN8O5. The third-order valence-electron chi connectivity index (χ3n) is 6.27. The van der Waals surface area contributed by atoms with Gasteiger partial charge in [-0.3, -0.25) is 14.4 Å². The van der Waals surface area contributed by atoms with Crippen molar-refractivity contribution in [3.8, 4) is 5.69 Å². The third kappa shape index (κ3) is 7.48. The molecule has 3 amide bonds. The highest BCUT2D eigenvalue weighted by atomic mass is 35.5. The number of benzene rings is 2. The molecule has 0 aliphatic carbocycles. The fourth-order valence-corrected chi connectivity index (χ4v) is 4.20. The Hall–Kier alpha value is -4.62. The average Bonchev–Trinajstić information content (AvgIpc) is 3.47. The van der Waals surface area contributed by atoms with Gasteiger partial charge in [-0.1, -0.05) is 11.6 Å². The van der Waals surface area contributed by atoms with Crippen LogP contribution in [0.4, 0.5) is 5.69 Å². The Bertz CT molecular complexity index is 1400. The van der Waals surface area contributed by atoms with E-state index in [-0.39, 0.29) is 17.9 Å². The zero-order valence-electron chi connectivity index (χ0n) is 21.5. The number of aromatic nitrogens is 4. The highest BCUT2D eigenvalue weighted by Crippen LogP contribution is 2.20. The second-order valence-corrected chi connectivity index (χ2v) is 9.55. The molecule has 2 heterocycles. The third-order valence-corrected chi connectivity index (χ3v) is 6.50. The predicted molar refractivity (Wildman–Crippen MR) is 146 cm³/mol. The number of nitrogens with one attached hydrogen (secondary N) is 2. The molecule has 0 bridgehead atoms. The molecule has 1 aliphatic heterocycles. The van der Waals surface area contributed by atoms with E-state index in [0.29, 0.717) is 48.1 Å². The summed E-state index contributed by atoms with van der Waals surface area (Å²) in [6, 6.07) is 9.34. The van der Waals surface area contributed by atoms with Crippen molar-refractivity contribution in [3.05, 3.63) is 71.0 Å². The predicted octanol–water partition coefficient (Wildman–Crippen LogP) is 1.31. The lowest BCUT2D eigenvalue weighted by Gasteiger charge is -2.33. The molecule has 0 radical (unpaired) electrons. The summed E-state index contributed by atoms with van der Waals surface area (Å²) in [6.07, 6.45) is 3.87. The van der Waals surface area contributed by atoms with Gasteiger partial charge >= 0.3 is 5.97 Å². The van der Waals surface area contributed by atoms with Crippen LogP contribution < -0.4 is 10.6 Å². The Balaban J connectivity index is 1.50. The van der Waals surface area contributed by atoms with Crippen LogP contribution in [0, 0.1) is 0 Å². The summed E-state index contributed by atoms with van der Waals surface area (Å²) in [5.74, 6) is -2.61. The minimum Gasteiger partial charge on any atom is -0.478 e. The Labute approximate surface area is 234 Å². The number of carbonyl (C=O) groups is 4. The van der Waals surface area contributed by atoms with Crippen LogP contribution in [0.1, 0.15) is 22.3 Å². The van der Waals surface area contributed by atoms with Gasteiger partial charge < -0.3 is 25.5 Å². The zero-order chi connectivity index (χ0) is 28.6. The number of rotatable bonds is 9. The number of halogens is 1. The fraction of sp³-hybridized carbons (Fsp3) is 0.269. The maximum atomic E-state index is 13.2. The average molecular weight is 567 g/mol. The summed E-state index contributed by atoms with van der Waals surface area (Å²) >= 11 is 6.14. The quantitative estimate of drug-likeness (QED) is 0.324. The van der Waals surface area contributed by atoms with E-state index in [1.807, 2.05) is 7.05 Å². The van der Waals surface area contributed by atoms with Crippen LogP contribution in [0.25, 0.3) is 11.8 Å². The van der Waals surface area contributed by atoms with E-state index in [0.717, 1.165) is 0 Å². The van der Waals surface area contributed by atoms with E-state index >= 15 is 0 Å². The molecular weight excluding hydrogens is 540 g/mol. The van der Waals surface area contributed by atoms with Crippen molar-refractivity contribution >= 4 is 47.1 Å². The first-order valence-electron chi connectivity index (χ1n) is 12.3. The second kappa shape index (κ2) is 13.0. The maximum absolute atomic E-state index is 13.2. The Morgan fingerprint density at radius 3 is 2.45 bits per heavy atom. The van der Waals surface area contributed by atoms with Gasteiger partial charge in [0.15, 0.2) is 0 Å². The molecule has 3 aromatic rings. The molecule has 1 aliphatic rings. The first-order chi connectivity index (χ1) is 19.2. The minimum absolute atomic E-state index is 0.0558. The fourth-order valence-electron chi connectivity index (χ4n) is 4.02. The van der Waals surface area contributed by atoms with Crippen molar-refractivity contribution in [1.82, 2.24) is 35.3 Å². The lowest BCUT2D eigenvalue weighted by Crippen LogP contribution is -2.51. The van der Waals surface area contributed by atoms with Gasteiger partial charge in [0.25, 0.3) is 0 Å². The van der Waals surface area contributed by atoms with Gasteiger partial charge in [-0.05, 0) is 66.0 Å². The number of tetrazole rings is 1. The number of nitrogens with zero attached hydrogens (tertiary/aromatic N) is 6. The van der Waals surface area contributed by atoms with Crippen LogP contribution in [0.5, 0.6) is 0 Å². The number of hydrogen-bond acceptors (Lipinski definition) is 8. The van der Waals surface area contributed by atoms with Crippen molar-refractivity contribution < 1.29 is 24.3 Å². The molecule has 1 fully saturated rings. The SMILES string of the molecule is CN1CCN(C(=O)C[C@H](NC(=O)/C=C/c2cc(Cl)ccc2-n2cnnn2)C(=O)Nc2ccc(C(=O)O)cc2)CC1. The van der Waals surface area contributed by atoms with E-state index in [2.05, 4.69) is 31.1 Å². The van der Waals surface area contributed by atoms with Crippen molar-refractivity contribution in [2.75, 3.05) is 38.5 Å². The van der Waals surface area contributed by atoms with Gasteiger partial charge in [-0.15, -0.1) is 5.10 Å². The van der Waals surface area contributed by atoms with Crippen molar-refractivity contribution in [2.24, 2.45) is 0 Å². The number of aromatic carboxylic acids is 1. The topological polar surface area (TPSA) is 163 Å². The molecule has 1 aromatic heterocycles. The molecule has 0 saturated carbocycles. The Morgan fingerprint density at radius 2 is 1.80 bits per heavy atom. The largest absolute Gasteiger partial charge is 0.478 e. The summed E-state index contributed by atoms with van der Waals surface area (Å²) in [6.45, 7) is 2.44. The Kier molecular flexibility index (Phi) is 9.19. The molecule has 2 aromatic carbocycles. The number of hydrogen-bond donors (Lipinski definition) is 3. The molecule has 14 heteroatoms. The number of piperazine rings is 1. The van der Waals surface area contributed by atoms with Gasteiger partial charge in [0.05, 0.1) is 17.7 Å². The highest BCUT2D eigenvalue weighted by molar-refractivity contribution is 6.30. The van der Waals surface area contributed by atoms with Crippen LogP contribution in [0.15, 0.2) is 54.9 Å². The molecule has 208 valence electrons. The number of anilines is 1. The van der Waals surface area contributed by atoms with Crippen molar-refractivity contribution in [1.29, 1.82) is 0 Å². The molecule has 40 heavy (non-hydrogen) atoms. The van der Waals surface area contributed by atoms with Crippen LogP contribution in [0.2, 0.25) is 5.02 Å². The summed E-state index contributed by atoms with van der Waals surface area (Å²) < 4.78 is 1.41. The second-order valence-electron chi connectivity index (χ2n) is 9.11. The normalized spacial score (nSPS) is 14.6. The molecule has 0 unspecified atom stereocenters. The summed E-state index contributed by atoms with van der Waals surface area (Å²) in [4.78, 5) is 54.0. The number of amides is 3. The van der Waals surface area contributed by atoms with Crippen molar-refractivity contribution in [3.63, 3.8) is 0 Å². The number of carboxylic acid groups (broad SMARTS) is 1. The van der Waals surface area contributed by atoms with Crippen molar-refractivity contribution in [2.45, 2.75) is 12.5 Å². The first kappa shape index (κ1) is 28.4. The lowest BCUT2D eigenvalue weighted by atomic mass is 10.1. The Morgan fingerprint density at radius 1 is 1.07 bits per heavy atom. The minimum atomic E-state index is -1.19. The van der Waals surface area contributed by atoms with Crippen LogP contribution in [-0.4, -0.2) is 98.1 Å². The number of carboxylic acids is 1. The molecule has 13 nitrogen and oxygen atoms in total. The standard InChI is InChI=1S/C26H27ClN8O5/c1-33-10-12-34(13-11-33)24(37)15-21(25(38)29-20-6-2-17(3-7-20)26(39)40)30-23(36)9-4-18-14-19(27)5-8-22(18)35-16-28-31-32-35/h2-9,14,16,21H,10-13,15H2,1H3,(H,29,38)(H,30,36)(H,39,40)/b9-4+/t21-/m0/s1. The molecule has 4 rings (SSSR count). The smallest absolute Gasteiger partial charge is 0.335 e. The summed E-state index contributed by atoms with van der Waals surface area (Å²) in [5.41, 5.74) is 1.49. The van der Waals surface area contributed by atoms with Gasteiger partial charge in [0.1, 0.15) is 12.4 Å². The lowest BCUT2D eigenvalue weighted by molar-refractivity contribution is -0.135. The van der Waals surface area contributed by atoms with E-state index in [1.165, 1.54) is 47.4 Å². The molecule has 0 spiro atoms. The van der Waals surface area contributed by atoms with E-state index < -0.39 is 23.8 Å². The van der Waals surface area contributed by atoms with Gasteiger partial charge in [-0.25, -0.2) is 4.79 Å². The first-order valence-corrected chi connectivity index (χ1v) is 12.7. The van der Waals surface area contributed by atoms with E-state index in [4.69, 9.17) is 16.7 Å². The number of carbonyl (C=O) groups excluding carboxylic acids is 3.